The molecule has 11 heteroatoms. The summed E-state index contributed by atoms with van der Waals surface area (Å²) in [6.45, 7) is 7.41. The minimum Gasteiger partial charge on any atom is -0.444 e. The van der Waals surface area contributed by atoms with E-state index in [0.717, 1.165) is 30.7 Å². The van der Waals surface area contributed by atoms with E-state index in [0.29, 0.717) is 32.5 Å². The molecule has 0 radical (unpaired) electrons. The lowest BCUT2D eigenvalue weighted by Gasteiger charge is -2.52. The van der Waals surface area contributed by atoms with E-state index in [1.807, 2.05) is 20.8 Å². The van der Waals surface area contributed by atoms with Gasteiger partial charge >= 0.3 is 12.1 Å². The summed E-state index contributed by atoms with van der Waals surface area (Å²) in [6, 6.07) is -0.884. The lowest BCUT2D eigenvalue weighted by atomic mass is 9.60. The largest absolute Gasteiger partial charge is 0.444 e. The maximum atomic E-state index is 12.9. The molecule has 10 nitrogen and oxygen atoms in total. The van der Waals surface area contributed by atoms with E-state index in [9.17, 15) is 14.4 Å². The van der Waals surface area contributed by atoms with E-state index in [1.54, 1.807) is 4.90 Å². The van der Waals surface area contributed by atoms with Crippen LogP contribution in [0.3, 0.4) is 0 Å². The molecule has 4 fully saturated rings. The Balaban J connectivity index is 1.23. The number of carbonyl (C=O) groups is 3. The number of piperidine rings is 2. The minimum atomic E-state index is -0.494. The molecule has 2 bridgehead atoms. The molecule has 1 aliphatic carbocycles. The third-order valence-electron chi connectivity index (χ3n) is 6.92. The summed E-state index contributed by atoms with van der Waals surface area (Å²) in [5.74, 6) is -0.114. The highest BCUT2D eigenvalue weighted by atomic mass is 32.2. The highest BCUT2D eigenvalue weighted by Gasteiger charge is 2.51. The van der Waals surface area contributed by atoms with Gasteiger partial charge in [-0.2, -0.15) is 9.35 Å². The van der Waals surface area contributed by atoms with Crippen LogP contribution in [-0.2, 0) is 13.8 Å². The van der Waals surface area contributed by atoms with Gasteiger partial charge in [-0.15, -0.1) is 0 Å². The summed E-state index contributed by atoms with van der Waals surface area (Å²) in [7, 11) is 0. The Bertz CT molecular complexity index is 728. The van der Waals surface area contributed by atoms with Gasteiger partial charge in [0.1, 0.15) is 11.6 Å². The molecule has 0 aromatic heterocycles. The van der Waals surface area contributed by atoms with Gasteiger partial charge in [-0.1, -0.05) is 0 Å². The number of amides is 4. The fourth-order valence-electron chi connectivity index (χ4n) is 5.32. The van der Waals surface area contributed by atoms with Crippen LogP contribution in [0.25, 0.3) is 0 Å². The van der Waals surface area contributed by atoms with Crippen LogP contribution in [0, 0.1) is 5.41 Å². The second-order valence-corrected chi connectivity index (χ2v) is 10.5. The molecule has 1 saturated carbocycles. The Hall–Kier alpha value is -1.72. The summed E-state index contributed by atoms with van der Waals surface area (Å²) in [5.41, 5.74) is -0.311. The van der Waals surface area contributed by atoms with E-state index < -0.39 is 11.6 Å². The number of nitrogens with zero attached hydrogens (tertiary/aromatic N) is 3. The van der Waals surface area contributed by atoms with Crippen molar-refractivity contribution < 1.29 is 28.0 Å². The molecule has 4 amide bonds. The van der Waals surface area contributed by atoms with Crippen LogP contribution < -0.4 is 5.32 Å². The predicted octanol–water partition coefficient (Wildman–Crippen LogP) is 2.60. The van der Waals surface area contributed by atoms with Gasteiger partial charge < -0.3 is 24.4 Å². The molecule has 0 aromatic rings. The normalized spacial score (nSPS) is 28.0. The Morgan fingerprint density at radius 2 is 1.87 bits per heavy atom. The summed E-state index contributed by atoms with van der Waals surface area (Å²) < 4.78 is 19.3. The van der Waals surface area contributed by atoms with Crippen molar-refractivity contribution in [3.63, 3.8) is 0 Å². The van der Waals surface area contributed by atoms with Gasteiger partial charge in [-0.05, 0) is 64.7 Å². The van der Waals surface area contributed by atoms with Gasteiger partial charge in [0.15, 0.2) is 12.3 Å². The Labute approximate surface area is 186 Å². The van der Waals surface area contributed by atoms with Crippen molar-refractivity contribution >= 4 is 30.4 Å². The number of hydroxylamine groups is 2. The highest BCUT2D eigenvalue weighted by Crippen LogP contribution is 2.49. The molecule has 2 atom stereocenters. The van der Waals surface area contributed by atoms with Crippen molar-refractivity contribution in [3.8, 4) is 0 Å². The first-order chi connectivity index (χ1) is 14.6. The molecule has 2 N–H and O–H groups in total. The van der Waals surface area contributed by atoms with E-state index in [1.165, 1.54) is 4.90 Å². The fraction of sp³-hybridized carbons (Fsp3) is 0.850. The number of rotatable bonds is 4. The van der Waals surface area contributed by atoms with Crippen molar-refractivity contribution in [2.75, 3.05) is 19.6 Å². The maximum absolute atomic E-state index is 12.9. The van der Waals surface area contributed by atoms with Crippen molar-refractivity contribution in [2.45, 2.75) is 83.0 Å². The molecule has 4 aliphatic rings. The topological polar surface area (TPSA) is 112 Å². The average molecular weight is 457 g/mol. The molecule has 0 unspecified atom stereocenters. The predicted molar refractivity (Wildman–Crippen MR) is 113 cm³/mol. The standard InChI is InChI=1S/C20H32N4O6S/c1-19(2,3)29-18(27)22-8-6-20(7-9-22)10-13(11-20)21-16(25)15-5-4-14-12-23(15)17(26)24(14)30-31-28/h13-15,28H,4-12H2,1-3H3,(H,21,25)/t14-,15+/m1/s1. The van der Waals surface area contributed by atoms with Crippen LogP contribution in [-0.4, -0.2) is 80.8 Å². The van der Waals surface area contributed by atoms with E-state index in [2.05, 4.69) is 5.32 Å². The van der Waals surface area contributed by atoms with Crippen LogP contribution >= 0.6 is 12.3 Å². The maximum Gasteiger partial charge on any atom is 0.410 e. The molecule has 1 spiro atoms. The van der Waals surface area contributed by atoms with Gasteiger partial charge in [0.25, 0.3) is 0 Å². The number of carbonyl (C=O) groups excluding carboxylic acids is 3. The summed E-state index contributed by atoms with van der Waals surface area (Å²) in [6.07, 6.45) is 4.63. The van der Waals surface area contributed by atoms with E-state index >= 15 is 0 Å². The second-order valence-electron chi connectivity index (χ2n) is 10.2. The average Bonchev–Trinajstić information content (AvgIpc) is 2.91. The monoisotopic (exact) mass is 456 g/mol. The van der Waals surface area contributed by atoms with Crippen molar-refractivity contribution in [3.05, 3.63) is 0 Å². The third kappa shape index (κ3) is 4.58. The zero-order chi connectivity index (χ0) is 22.4. The first-order valence-corrected chi connectivity index (χ1v) is 11.7. The highest BCUT2D eigenvalue weighted by molar-refractivity contribution is 7.88. The number of fused-ring (bicyclic) bond motifs is 2. The van der Waals surface area contributed by atoms with Gasteiger partial charge in [-0.25, -0.2) is 9.59 Å². The second kappa shape index (κ2) is 8.32. The zero-order valence-electron chi connectivity index (χ0n) is 18.3. The van der Waals surface area contributed by atoms with Crippen LogP contribution in [0.2, 0.25) is 0 Å². The Kier molecular flexibility index (Phi) is 6.04. The molecular formula is C20H32N4O6S. The van der Waals surface area contributed by atoms with E-state index in [4.69, 9.17) is 13.6 Å². The lowest BCUT2D eigenvalue weighted by Crippen LogP contribution is -2.59. The van der Waals surface area contributed by atoms with Crippen LogP contribution in [0.15, 0.2) is 0 Å². The van der Waals surface area contributed by atoms with Crippen molar-refractivity contribution in [1.82, 2.24) is 20.2 Å². The smallest absolute Gasteiger partial charge is 0.410 e. The molecule has 3 aliphatic heterocycles. The van der Waals surface area contributed by atoms with Gasteiger partial charge in [-0.3, -0.25) is 4.79 Å². The van der Waals surface area contributed by atoms with Gasteiger partial charge in [0.2, 0.25) is 5.91 Å². The van der Waals surface area contributed by atoms with Gasteiger partial charge in [0, 0.05) is 25.7 Å². The van der Waals surface area contributed by atoms with Crippen molar-refractivity contribution in [2.24, 2.45) is 5.41 Å². The lowest BCUT2D eigenvalue weighted by molar-refractivity contribution is -0.129. The summed E-state index contributed by atoms with van der Waals surface area (Å²) in [5, 5.41) is 4.28. The summed E-state index contributed by atoms with van der Waals surface area (Å²) in [4.78, 5) is 40.9. The first-order valence-electron chi connectivity index (χ1n) is 11.0. The number of likely N-dealkylation sites (tertiary alicyclic amines) is 1. The Morgan fingerprint density at radius 3 is 2.48 bits per heavy atom. The van der Waals surface area contributed by atoms with E-state index in [-0.39, 0.29) is 47.9 Å². The van der Waals surface area contributed by atoms with Crippen molar-refractivity contribution in [1.29, 1.82) is 0 Å². The van der Waals surface area contributed by atoms with Crippen LogP contribution in [0.1, 0.15) is 59.3 Å². The fourth-order valence-corrected chi connectivity index (χ4v) is 5.58. The number of urea groups is 1. The zero-order valence-corrected chi connectivity index (χ0v) is 19.2. The van der Waals surface area contributed by atoms with Crippen LogP contribution in [0.5, 0.6) is 0 Å². The SMILES string of the molecule is CC(C)(C)OC(=O)N1CCC2(CC1)CC(NC(=O)[C@@H]1CC[C@@H]3CN1C(=O)N3OSO)C2. The number of nitrogens with one attached hydrogen (secondary N) is 1. The molecule has 3 saturated heterocycles. The third-order valence-corrected chi connectivity index (χ3v) is 7.15. The summed E-state index contributed by atoms with van der Waals surface area (Å²) >= 11 is 0.147. The van der Waals surface area contributed by atoms with Crippen LogP contribution in [0.4, 0.5) is 9.59 Å². The number of hydrogen-bond donors (Lipinski definition) is 2. The molecular weight excluding hydrogens is 424 g/mol. The first kappa shape index (κ1) is 22.5. The molecule has 3 heterocycles. The quantitative estimate of drug-likeness (QED) is 0.626. The number of hydrogen-bond acceptors (Lipinski definition) is 7. The minimum absolute atomic E-state index is 0.108. The molecule has 31 heavy (non-hydrogen) atoms. The Morgan fingerprint density at radius 1 is 1.19 bits per heavy atom. The molecule has 174 valence electrons. The molecule has 0 aromatic carbocycles. The molecule has 4 rings (SSSR count). The van der Waals surface area contributed by atoms with Gasteiger partial charge in [0.05, 0.1) is 6.04 Å². The number of ether oxygens (including phenoxy) is 1.